The fraction of sp³-hybridized carbons (Fsp3) is 0.800. The molecule has 6 heteroatoms. The summed E-state index contributed by atoms with van der Waals surface area (Å²) in [6.07, 6.45) is 3.89. The molecule has 0 aromatic rings. The van der Waals surface area contributed by atoms with E-state index in [9.17, 15) is 14.7 Å². The minimum Gasteiger partial charge on any atom is -0.469 e. The van der Waals surface area contributed by atoms with Crippen molar-refractivity contribution in [1.29, 1.82) is 0 Å². The van der Waals surface area contributed by atoms with Crippen molar-refractivity contribution < 1.29 is 29.2 Å². The van der Waals surface area contributed by atoms with Gasteiger partial charge in [-0.25, -0.2) is 9.78 Å². The molecule has 1 N–H and O–H groups in total. The molecule has 0 amide bonds. The van der Waals surface area contributed by atoms with Crippen LogP contribution in [0.5, 0.6) is 0 Å². The van der Waals surface area contributed by atoms with Crippen LogP contribution in [0.4, 0.5) is 0 Å². The molecule has 26 heavy (non-hydrogen) atoms. The largest absolute Gasteiger partial charge is 0.469 e. The van der Waals surface area contributed by atoms with Crippen molar-refractivity contribution >= 4 is 11.8 Å². The maximum absolute atomic E-state index is 12.3. The number of aliphatic hydroxyl groups is 1. The second-order valence-corrected chi connectivity index (χ2v) is 8.21. The standard InChI is InChI=1S/C20H34O6/c1-14(8-7-11-19(3,4)23)16(21)9-12-20(5)13-10-17(25-26-20)15(2)18(22)24-6/h15,17,23H,1,7-13H2,2-6H3/t15-,17?,20-/m0/s1. The van der Waals surface area contributed by atoms with Gasteiger partial charge >= 0.3 is 5.97 Å². The van der Waals surface area contributed by atoms with Gasteiger partial charge in [-0.05, 0) is 71.8 Å². The average Bonchev–Trinajstić information content (AvgIpc) is 2.57. The molecule has 0 aliphatic carbocycles. The normalized spacial score (nSPS) is 24.8. The molecule has 1 aliphatic rings. The molecule has 3 atom stereocenters. The van der Waals surface area contributed by atoms with Crippen LogP contribution in [0.25, 0.3) is 0 Å². The lowest BCUT2D eigenvalue weighted by Gasteiger charge is -2.37. The second-order valence-electron chi connectivity index (χ2n) is 8.21. The molecule has 150 valence electrons. The number of hydrogen-bond donors (Lipinski definition) is 1. The molecule has 0 bridgehead atoms. The van der Waals surface area contributed by atoms with Gasteiger partial charge in [-0.3, -0.25) is 9.59 Å². The Labute approximate surface area is 156 Å². The number of methoxy groups -OCH3 is 1. The molecular formula is C20H34O6. The Kier molecular flexibility index (Phi) is 8.44. The number of ether oxygens (including phenoxy) is 1. The van der Waals surface area contributed by atoms with Crippen molar-refractivity contribution in [2.75, 3.05) is 7.11 Å². The van der Waals surface area contributed by atoms with Crippen molar-refractivity contribution in [2.24, 2.45) is 5.92 Å². The highest BCUT2D eigenvalue weighted by Gasteiger charge is 2.38. The summed E-state index contributed by atoms with van der Waals surface area (Å²) in [5, 5.41) is 9.71. The Bertz CT molecular complexity index is 497. The van der Waals surface area contributed by atoms with E-state index in [1.54, 1.807) is 20.8 Å². The zero-order valence-electron chi connectivity index (χ0n) is 16.8. The number of ketones is 1. The number of carbonyl (C=O) groups excluding carboxylic acids is 2. The maximum Gasteiger partial charge on any atom is 0.311 e. The van der Waals surface area contributed by atoms with Gasteiger partial charge in [0.25, 0.3) is 0 Å². The predicted molar refractivity (Wildman–Crippen MR) is 98.3 cm³/mol. The molecule has 1 rings (SSSR count). The van der Waals surface area contributed by atoms with Crippen LogP contribution in [0.2, 0.25) is 0 Å². The first-order chi connectivity index (χ1) is 12.0. The van der Waals surface area contributed by atoms with Crippen LogP contribution in [0, 0.1) is 5.92 Å². The van der Waals surface area contributed by atoms with Gasteiger partial charge in [0.1, 0.15) is 11.7 Å². The Balaban J connectivity index is 2.37. The summed E-state index contributed by atoms with van der Waals surface area (Å²) in [5.74, 6) is -0.683. The molecule has 0 spiro atoms. The van der Waals surface area contributed by atoms with Crippen LogP contribution >= 0.6 is 0 Å². The fourth-order valence-electron chi connectivity index (χ4n) is 2.98. The predicted octanol–water partition coefficient (Wildman–Crippen LogP) is 3.51. The molecule has 0 aromatic carbocycles. The van der Waals surface area contributed by atoms with Crippen LogP contribution in [-0.4, -0.2) is 41.3 Å². The Morgan fingerprint density at radius 3 is 2.54 bits per heavy atom. The lowest BCUT2D eigenvalue weighted by molar-refractivity contribution is -0.411. The summed E-state index contributed by atoms with van der Waals surface area (Å²) >= 11 is 0. The summed E-state index contributed by atoms with van der Waals surface area (Å²) in [6.45, 7) is 11.1. The highest BCUT2D eigenvalue weighted by Crippen LogP contribution is 2.33. The van der Waals surface area contributed by atoms with Crippen molar-refractivity contribution in [3.8, 4) is 0 Å². The summed E-state index contributed by atoms with van der Waals surface area (Å²) < 4.78 is 4.73. The number of rotatable bonds is 10. The molecule has 1 unspecified atom stereocenters. The van der Waals surface area contributed by atoms with Gasteiger partial charge in [-0.2, -0.15) is 0 Å². The van der Waals surface area contributed by atoms with E-state index in [1.807, 2.05) is 6.92 Å². The molecule has 1 aliphatic heterocycles. The first kappa shape index (κ1) is 22.8. The molecule has 0 saturated carbocycles. The number of hydrogen-bond acceptors (Lipinski definition) is 6. The zero-order valence-corrected chi connectivity index (χ0v) is 16.8. The molecule has 1 saturated heterocycles. The Morgan fingerprint density at radius 2 is 2.04 bits per heavy atom. The third-order valence-electron chi connectivity index (χ3n) is 5.00. The van der Waals surface area contributed by atoms with E-state index in [2.05, 4.69) is 6.58 Å². The Hall–Kier alpha value is -1.24. The van der Waals surface area contributed by atoms with E-state index < -0.39 is 11.2 Å². The maximum atomic E-state index is 12.3. The monoisotopic (exact) mass is 370 g/mol. The number of carbonyl (C=O) groups is 2. The Morgan fingerprint density at radius 1 is 1.38 bits per heavy atom. The minimum absolute atomic E-state index is 0.0237. The van der Waals surface area contributed by atoms with Crippen molar-refractivity contribution in [1.82, 2.24) is 0 Å². The molecule has 0 aromatic heterocycles. The molecule has 0 radical (unpaired) electrons. The number of esters is 1. The smallest absolute Gasteiger partial charge is 0.311 e. The minimum atomic E-state index is -0.720. The lowest BCUT2D eigenvalue weighted by atomic mass is 9.87. The van der Waals surface area contributed by atoms with Gasteiger partial charge < -0.3 is 9.84 Å². The van der Waals surface area contributed by atoms with Crippen LogP contribution in [0.3, 0.4) is 0 Å². The lowest BCUT2D eigenvalue weighted by Crippen LogP contribution is -2.42. The average molecular weight is 370 g/mol. The van der Waals surface area contributed by atoms with E-state index in [0.717, 1.165) is 6.42 Å². The SMILES string of the molecule is C=C(CCCC(C)(C)O)C(=O)CC[C@@]1(C)CCC([C@H](C)C(=O)OC)OO1. The van der Waals surface area contributed by atoms with Crippen LogP contribution < -0.4 is 0 Å². The summed E-state index contributed by atoms with van der Waals surface area (Å²) in [4.78, 5) is 34.8. The van der Waals surface area contributed by atoms with Gasteiger partial charge in [0.05, 0.1) is 18.6 Å². The van der Waals surface area contributed by atoms with Crippen LogP contribution in [-0.2, 0) is 24.1 Å². The summed E-state index contributed by atoms with van der Waals surface area (Å²) in [5.41, 5.74) is -0.677. The third-order valence-corrected chi connectivity index (χ3v) is 5.00. The van der Waals surface area contributed by atoms with Crippen LogP contribution in [0.15, 0.2) is 12.2 Å². The van der Waals surface area contributed by atoms with Crippen molar-refractivity contribution in [3.05, 3.63) is 12.2 Å². The zero-order chi connectivity index (χ0) is 20.0. The fourth-order valence-corrected chi connectivity index (χ4v) is 2.98. The number of Topliss-reactive ketones (excluding diaryl/α,β-unsaturated/α-hetero) is 1. The van der Waals surface area contributed by atoms with Gasteiger partial charge in [0, 0.05) is 6.42 Å². The summed E-state index contributed by atoms with van der Waals surface area (Å²) in [6, 6.07) is 0. The van der Waals surface area contributed by atoms with E-state index in [1.165, 1.54) is 7.11 Å². The van der Waals surface area contributed by atoms with Gasteiger partial charge in [0.15, 0.2) is 5.78 Å². The van der Waals surface area contributed by atoms with Gasteiger partial charge in [-0.15, -0.1) is 0 Å². The molecular weight excluding hydrogens is 336 g/mol. The van der Waals surface area contributed by atoms with Gasteiger partial charge in [0.2, 0.25) is 0 Å². The quantitative estimate of drug-likeness (QED) is 0.360. The highest BCUT2D eigenvalue weighted by atomic mass is 17.2. The van der Waals surface area contributed by atoms with E-state index in [4.69, 9.17) is 14.5 Å². The molecule has 1 fully saturated rings. The van der Waals surface area contributed by atoms with E-state index in [0.29, 0.717) is 44.1 Å². The van der Waals surface area contributed by atoms with E-state index in [-0.39, 0.29) is 23.8 Å². The first-order valence-corrected chi connectivity index (χ1v) is 9.33. The van der Waals surface area contributed by atoms with Crippen LogP contribution in [0.1, 0.15) is 72.6 Å². The third kappa shape index (κ3) is 7.56. The topological polar surface area (TPSA) is 82.1 Å². The van der Waals surface area contributed by atoms with E-state index >= 15 is 0 Å². The van der Waals surface area contributed by atoms with Crippen molar-refractivity contribution in [3.63, 3.8) is 0 Å². The number of allylic oxidation sites excluding steroid dienone is 1. The summed E-state index contributed by atoms with van der Waals surface area (Å²) in [7, 11) is 1.35. The van der Waals surface area contributed by atoms with Crippen molar-refractivity contribution in [2.45, 2.75) is 89.9 Å². The molecule has 1 heterocycles. The molecule has 6 nitrogen and oxygen atoms in total. The highest BCUT2D eigenvalue weighted by molar-refractivity contribution is 5.94. The van der Waals surface area contributed by atoms with Gasteiger partial charge in [-0.1, -0.05) is 6.58 Å². The second kappa shape index (κ2) is 9.62. The first-order valence-electron chi connectivity index (χ1n) is 9.33.